The highest BCUT2D eigenvalue weighted by Crippen LogP contribution is 2.31. The fraction of sp³-hybridized carbons (Fsp3) is 0.348. The maximum absolute atomic E-state index is 13.3. The van der Waals surface area contributed by atoms with E-state index in [9.17, 15) is 22.4 Å². The Bertz CT molecular complexity index is 1160. The van der Waals surface area contributed by atoms with Crippen LogP contribution in [0.15, 0.2) is 42.9 Å². The SMILES string of the molecule is COCCOc1cc(NC(=O)NCC(F)(F)F)cc(C2=CNC(C)N2/C=C\Cc2ncc(F)c(N)n2)c1. The normalized spacial score (nSPS) is 15.5. The molecule has 37 heavy (non-hydrogen) atoms. The summed E-state index contributed by atoms with van der Waals surface area (Å²) in [5.41, 5.74) is 7.03. The Balaban J connectivity index is 1.80. The van der Waals surface area contributed by atoms with E-state index in [1.165, 1.54) is 13.2 Å². The van der Waals surface area contributed by atoms with Gasteiger partial charge in [0.2, 0.25) is 0 Å². The number of nitrogen functional groups attached to an aromatic ring is 1. The molecule has 3 rings (SSSR count). The third kappa shape index (κ3) is 8.24. The highest BCUT2D eigenvalue weighted by molar-refractivity contribution is 5.90. The number of nitrogens with zero attached hydrogens (tertiary/aromatic N) is 3. The zero-order valence-corrected chi connectivity index (χ0v) is 20.1. The lowest BCUT2D eigenvalue weighted by Gasteiger charge is -2.23. The van der Waals surface area contributed by atoms with Crippen LogP contribution in [-0.4, -0.2) is 60.1 Å². The van der Waals surface area contributed by atoms with Crippen molar-refractivity contribution in [1.82, 2.24) is 25.5 Å². The Morgan fingerprint density at radius 2 is 2.08 bits per heavy atom. The van der Waals surface area contributed by atoms with Crippen molar-refractivity contribution in [2.24, 2.45) is 0 Å². The molecular weight excluding hydrogens is 498 g/mol. The molecule has 1 aliphatic rings. The van der Waals surface area contributed by atoms with Crippen molar-refractivity contribution >= 4 is 23.2 Å². The number of anilines is 2. The van der Waals surface area contributed by atoms with Crippen molar-refractivity contribution in [3.05, 3.63) is 60.1 Å². The molecule has 1 unspecified atom stereocenters. The summed E-state index contributed by atoms with van der Waals surface area (Å²) in [6.45, 7) is 0.968. The van der Waals surface area contributed by atoms with Gasteiger partial charge in [0.05, 0.1) is 24.7 Å². The molecule has 2 heterocycles. The van der Waals surface area contributed by atoms with Gasteiger partial charge < -0.3 is 36.1 Å². The second kappa shape index (κ2) is 12.3. The molecule has 0 aliphatic carbocycles. The van der Waals surface area contributed by atoms with Gasteiger partial charge in [0.1, 0.15) is 24.7 Å². The predicted octanol–water partition coefficient (Wildman–Crippen LogP) is 3.21. The van der Waals surface area contributed by atoms with Gasteiger partial charge in [0, 0.05) is 43.2 Å². The zero-order valence-electron chi connectivity index (χ0n) is 20.1. The summed E-state index contributed by atoms with van der Waals surface area (Å²) in [7, 11) is 1.52. The lowest BCUT2D eigenvalue weighted by molar-refractivity contribution is -0.122. The molecule has 0 spiro atoms. The summed E-state index contributed by atoms with van der Waals surface area (Å²) in [6.07, 6.45) is 1.90. The van der Waals surface area contributed by atoms with Crippen LogP contribution in [0.3, 0.4) is 0 Å². The van der Waals surface area contributed by atoms with E-state index in [-0.39, 0.29) is 30.7 Å². The maximum atomic E-state index is 13.3. The van der Waals surface area contributed by atoms with E-state index in [1.807, 2.05) is 11.8 Å². The molecule has 0 radical (unpaired) electrons. The van der Waals surface area contributed by atoms with E-state index in [0.29, 0.717) is 29.4 Å². The number of amides is 2. The van der Waals surface area contributed by atoms with Gasteiger partial charge in [-0.25, -0.2) is 19.2 Å². The van der Waals surface area contributed by atoms with Crippen LogP contribution in [0.4, 0.5) is 33.9 Å². The molecule has 2 aromatic rings. The molecule has 0 saturated carbocycles. The standard InChI is InChI=1S/C23H27F4N7O3/c1-14-29-12-19(34(14)5-3-4-20-30-11-18(24)21(28)33-20)15-8-16(10-17(9-15)37-7-6-36-2)32-22(35)31-13-23(25,26)27/h3,5,8-12,14,29H,4,6-7,13H2,1-2H3,(H2,28,30,33)(H2,31,32,35)/b5-3-. The molecule has 5 N–H and O–H groups in total. The van der Waals surface area contributed by atoms with Crippen LogP contribution in [0, 0.1) is 5.82 Å². The third-order valence-corrected chi connectivity index (χ3v) is 5.01. The monoisotopic (exact) mass is 525 g/mol. The number of benzene rings is 1. The smallest absolute Gasteiger partial charge is 0.405 e. The van der Waals surface area contributed by atoms with E-state index in [1.54, 1.807) is 35.9 Å². The number of allylic oxidation sites excluding steroid dienone is 1. The molecule has 0 bridgehead atoms. The molecule has 1 atom stereocenters. The van der Waals surface area contributed by atoms with Gasteiger partial charge in [0.25, 0.3) is 0 Å². The minimum atomic E-state index is -4.54. The van der Waals surface area contributed by atoms with Crippen molar-refractivity contribution in [2.45, 2.75) is 25.7 Å². The van der Waals surface area contributed by atoms with Gasteiger partial charge in [-0.15, -0.1) is 0 Å². The number of ether oxygens (including phenoxy) is 2. The molecule has 1 aromatic heterocycles. The van der Waals surface area contributed by atoms with Gasteiger partial charge in [-0.1, -0.05) is 6.08 Å². The predicted molar refractivity (Wildman–Crippen MR) is 129 cm³/mol. The van der Waals surface area contributed by atoms with Crippen LogP contribution < -0.4 is 26.4 Å². The van der Waals surface area contributed by atoms with Crippen molar-refractivity contribution in [3.8, 4) is 5.75 Å². The minimum Gasteiger partial charge on any atom is -0.491 e. The summed E-state index contributed by atoms with van der Waals surface area (Å²) >= 11 is 0. The highest BCUT2D eigenvalue weighted by atomic mass is 19.4. The number of methoxy groups -OCH3 is 1. The molecule has 200 valence electrons. The quantitative estimate of drug-likeness (QED) is 0.275. The third-order valence-electron chi connectivity index (χ3n) is 5.01. The number of hydrogen-bond acceptors (Lipinski definition) is 8. The molecule has 1 aliphatic heterocycles. The first-order valence-corrected chi connectivity index (χ1v) is 11.1. The Hall–Kier alpha value is -4.07. The number of nitrogens with one attached hydrogen (secondary N) is 3. The summed E-state index contributed by atoms with van der Waals surface area (Å²) in [5, 5.41) is 7.35. The van der Waals surface area contributed by atoms with Crippen LogP contribution in [-0.2, 0) is 11.2 Å². The van der Waals surface area contributed by atoms with Crippen LogP contribution in [0.1, 0.15) is 18.3 Å². The number of alkyl halides is 3. The molecule has 0 saturated heterocycles. The number of rotatable bonds is 10. The lowest BCUT2D eigenvalue weighted by Crippen LogP contribution is -2.36. The van der Waals surface area contributed by atoms with E-state index >= 15 is 0 Å². The van der Waals surface area contributed by atoms with E-state index in [4.69, 9.17) is 15.2 Å². The Morgan fingerprint density at radius 3 is 2.78 bits per heavy atom. The highest BCUT2D eigenvalue weighted by Gasteiger charge is 2.28. The van der Waals surface area contributed by atoms with Gasteiger partial charge in [-0.05, 0) is 19.1 Å². The molecule has 14 heteroatoms. The fourth-order valence-electron chi connectivity index (χ4n) is 3.29. The lowest BCUT2D eigenvalue weighted by atomic mass is 10.1. The number of aromatic nitrogens is 2. The first-order chi connectivity index (χ1) is 17.6. The van der Waals surface area contributed by atoms with Crippen molar-refractivity contribution in [1.29, 1.82) is 0 Å². The summed E-state index contributed by atoms with van der Waals surface area (Å²) in [4.78, 5) is 21.7. The number of carbonyl (C=O) groups excluding carboxylic acids is 1. The van der Waals surface area contributed by atoms with Crippen molar-refractivity contribution in [2.75, 3.05) is 37.9 Å². The Morgan fingerprint density at radius 1 is 1.30 bits per heavy atom. The number of urea groups is 1. The van der Waals surface area contributed by atoms with Crippen molar-refractivity contribution in [3.63, 3.8) is 0 Å². The van der Waals surface area contributed by atoms with Crippen LogP contribution in [0.2, 0.25) is 0 Å². The average Bonchev–Trinajstić information content (AvgIpc) is 3.20. The van der Waals surface area contributed by atoms with Crippen LogP contribution in [0.5, 0.6) is 5.75 Å². The Kier molecular flexibility index (Phi) is 9.11. The number of nitrogens with two attached hydrogens (primary N) is 1. The summed E-state index contributed by atoms with van der Waals surface area (Å²) in [6, 6.07) is 3.81. The first kappa shape index (κ1) is 27.5. The largest absolute Gasteiger partial charge is 0.491 e. The van der Waals surface area contributed by atoms with Gasteiger partial charge >= 0.3 is 12.2 Å². The van der Waals surface area contributed by atoms with Crippen molar-refractivity contribution < 1.29 is 31.8 Å². The first-order valence-electron chi connectivity index (χ1n) is 11.1. The average molecular weight is 526 g/mol. The van der Waals surface area contributed by atoms with E-state index in [2.05, 4.69) is 20.6 Å². The van der Waals surface area contributed by atoms with Gasteiger partial charge in [-0.3, -0.25) is 0 Å². The maximum Gasteiger partial charge on any atom is 0.405 e. The molecule has 0 fully saturated rings. The summed E-state index contributed by atoms with van der Waals surface area (Å²) in [5.74, 6) is -0.218. The number of carbonyl (C=O) groups is 1. The number of hydrogen-bond donors (Lipinski definition) is 4. The molecule has 2 amide bonds. The van der Waals surface area contributed by atoms with E-state index in [0.717, 1.165) is 6.20 Å². The molecular formula is C23H27F4N7O3. The molecule has 1 aromatic carbocycles. The summed E-state index contributed by atoms with van der Waals surface area (Å²) < 4.78 is 61.3. The van der Waals surface area contributed by atoms with Gasteiger partial charge in [-0.2, -0.15) is 13.2 Å². The van der Waals surface area contributed by atoms with Crippen LogP contribution in [0.25, 0.3) is 5.70 Å². The topological polar surface area (TPSA) is 127 Å². The van der Waals surface area contributed by atoms with Crippen LogP contribution >= 0.6 is 0 Å². The second-order valence-corrected chi connectivity index (χ2v) is 7.90. The van der Waals surface area contributed by atoms with Gasteiger partial charge in [0.15, 0.2) is 11.6 Å². The Labute approximate surface area is 210 Å². The minimum absolute atomic E-state index is 0.157. The fourth-order valence-corrected chi connectivity index (χ4v) is 3.29. The molecule has 10 nitrogen and oxygen atoms in total. The number of halogens is 4. The zero-order chi connectivity index (χ0) is 27.0. The second-order valence-electron chi connectivity index (χ2n) is 7.90. The van der Waals surface area contributed by atoms with E-state index < -0.39 is 24.6 Å².